The van der Waals surface area contributed by atoms with Gasteiger partial charge in [0.05, 0.1) is 17.6 Å². The maximum atomic E-state index is 13.2. The highest BCUT2D eigenvalue weighted by Gasteiger charge is 2.30. The van der Waals surface area contributed by atoms with Crippen LogP contribution in [0.1, 0.15) is 59.8 Å². The second kappa shape index (κ2) is 7.68. The van der Waals surface area contributed by atoms with E-state index >= 15 is 0 Å². The molecular formula is C25H29N5O. The molecule has 4 heterocycles. The van der Waals surface area contributed by atoms with Crippen LogP contribution in [-0.2, 0) is 6.54 Å². The van der Waals surface area contributed by atoms with E-state index in [1.165, 1.54) is 24.9 Å². The Bertz CT molecular complexity index is 1120. The number of imidazole rings is 1. The Balaban J connectivity index is 1.26. The molecule has 2 aromatic carbocycles. The summed E-state index contributed by atoms with van der Waals surface area (Å²) < 4.78 is 0. The molecule has 2 N–H and O–H groups in total. The fourth-order valence-electron chi connectivity index (χ4n) is 5.34. The molecule has 2 fully saturated rings. The second-order valence-electron chi connectivity index (χ2n) is 9.13. The van der Waals surface area contributed by atoms with Gasteiger partial charge in [-0.1, -0.05) is 0 Å². The predicted octanol–water partition coefficient (Wildman–Crippen LogP) is 4.18. The van der Waals surface area contributed by atoms with Gasteiger partial charge in [-0.25, -0.2) is 4.98 Å². The largest absolute Gasteiger partial charge is 0.372 e. The van der Waals surface area contributed by atoms with Gasteiger partial charge in [0.15, 0.2) is 0 Å². The number of amides is 1. The van der Waals surface area contributed by atoms with Crippen molar-refractivity contribution < 1.29 is 4.79 Å². The van der Waals surface area contributed by atoms with Gasteiger partial charge in [-0.15, -0.1) is 0 Å². The predicted molar refractivity (Wildman–Crippen MR) is 124 cm³/mol. The standard InChI is InChI=1S/C25H29N5O/c31-25-21-6-4-19(29-12-2-1-3-13-29)14-18(21)16-30(25)20-5-7-22-23(15-20)28-24(27-22)17-8-10-26-11-9-17/h4-7,14-15,17,26H,1-3,8-13,16H2,(H,27,28). The quantitative estimate of drug-likeness (QED) is 0.674. The lowest BCUT2D eigenvalue weighted by atomic mass is 9.98. The van der Waals surface area contributed by atoms with Crippen LogP contribution in [0.3, 0.4) is 0 Å². The van der Waals surface area contributed by atoms with Gasteiger partial charge in [0.25, 0.3) is 5.91 Å². The number of nitrogens with zero attached hydrogens (tertiary/aromatic N) is 3. The van der Waals surface area contributed by atoms with Crippen molar-refractivity contribution in [3.05, 3.63) is 53.3 Å². The van der Waals surface area contributed by atoms with Crippen LogP contribution in [0, 0.1) is 0 Å². The Morgan fingerprint density at radius 1 is 0.935 bits per heavy atom. The molecule has 0 atom stereocenters. The lowest BCUT2D eigenvalue weighted by molar-refractivity contribution is 0.0996. The van der Waals surface area contributed by atoms with Crippen molar-refractivity contribution in [1.29, 1.82) is 0 Å². The average Bonchev–Trinajstić information content (AvgIpc) is 3.40. The molecule has 1 aromatic heterocycles. The fourth-order valence-corrected chi connectivity index (χ4v) is 5.34. The van der Waals surface area contributed by atoms with E-state index in [0.29, 0.717) is 12.5 Å². The first-order valence-electron chi connectivity index (χ1n) is 11.7. The number of nitrogens with one attached hydrogen (secondary N) is 2. The van der Waals surface area contributed by atoms with E-state index in [2.05, 4.69) is 39.5 Å². The van der Waals surface area contributed by atoms with Crippen LogP contribution >= 0.6 is 0 Å². The number of benzene rings is 2. The fraction of sp³-hybridized carbons (Fsp3) is 0.440. The lowest BCUT2D eigenvalue weighted by Crippen LogP contribution is -2.29. The first-order valence-corrected chi connectivity index (χ1v) is 11.7. The summed E-state index contributed by atoms with van der Waals surface area (Å²) in [6.07, 6.45) is 6.07. The van der Waals surface area contributed by atoms with Gasteiger partial charge >= 0.3 is 0 Å². The van der Waals surface area contributed by atoms with E-state index in [0.717, 1.165) is 72.7 Å². The number of piperidine rings is 2. The minimum atomic E-state index is 0.0914. The summed E-state index contributed by atoms with van der Waals surface area (Å²) in [4.78, 5) is 25.9. The summed E-state index contributed by atoms with van der Waals surface area (Å²) >= 11 is 0. The first-order chi connectivity index (χ1) is 15.3. The van der Waals surface area contributed by atoms with E-state index in [1.54, 1.807) is 0 Å². The van der Waals surface area contributed by atoms with Crippen LogP contribution < -0.4 is 15.1 Å². The van der Waals surface area contributed by atoms with Gasteiger partial charge in [-0.2, -0.15) is 0 Å². The number of rotatable bonds is 3. The van der Waals surface area contributed by atoms with Gasteiger partial charge in [-0.05, 0) is 87.2 Å². The molecule has 31 heavy (non-hydrogen) atoms. The van der Waals surface area contributed by atoms with Gasteiger partial charge < -0.3 is 20.1 Å². The zero-order chi connectivity index (χ0) is 20.8. The molecule has 0 radical (unpaired) electrons. The number of hydrogen-bond donors (Lipinski definition) is 2. The molecule has 6 heteroatoms. The van der Waals surface area contributed by atoms with Crippen molar-refractivity contribution in [3.8, 4) is 0 Å². The highest BCUT2D eigenvalue weighted by molar-refractivity contribution is 6.10. The minimum absolute atomic E-state index is 0.0914. The molecule has 0 spiro atoms. The third-order valence-corrected chi connectivity index (χ3v) is 7.14. The minimum Gasteiger partial charge on any atom is -0.372 e. The molecule has 3 aliphatic rings. The molecule has 6 nitrogen and oxygen atoms in total. The molecule has 0 bridgehead atoms. The number of aromatic nitrogens is 2. The van der Waals surface area contributed by atoms with Crippen LogP contribution in [0.15, 0.2) is 36.4 Å². The third kappa shape index (κ3) is 3.39. The summed E-state index contributed by atoms with van der Waals surface area (Å²) in [6.45, 7) is 4.96. The van der Waals surface area contributed by atoms with Crippen molar-refractivity contribution in [2.45, 2.75) is 44.6 Å². The van der Waals surface area contributed by atoms with E-state index in [-0.39, 0.29) is 5.91 Å². The van der Waals surface area contributed by atoms with Gasteiger partial charge in [0, 0.05) is 35.9 Å². The van der Waals surface area contributed by atoms with Crippen molar-refractivity contribution in [2.75, 3.05) is 36.0 Å². The van der Waals surface area contributed by atoms with Gasteiger partial charge in [0.1, 0.15) is 5.82 Å². The number of H-pyrrole nitrogens is 1. The summed E-state index contributed by atoms with van der Waals surface area (Å²) in [6, 6.07) is 12.5. The number of fused-ring (bicyclic) bond motifs is 2. The SMILES string of the molecule is O=C1c2ccc(N3CCCCC3)cc2CN1c1ccc2[nH]c(C3CCNCC3)nc2c1. The summed E-state index contributed by atoms with van der Waals surface area (Å²) in [5.41, 5.74) is 6.14. The van der Waals surface area contributed by atoms with Gasteiger partial charge in [-0.3, -0.25) is 4.79 Å². The number of carbonyl (C=O) groups excluding carboxylic acids is 1. The Kier molecular flexibility index (Phi) is 4.68. The van der Waals surface area contributed by atoms with Crippen molar-refractivity contribution in [2.24, 2.45) is 0 Å². The number of hydrogen-bond acceptors (Lipinski definition) is 4. The van der Waals surface area contributed by atoms with Crippen LogP contribution in [0.25, 0.3) is 11.0 Å². The zero-order valence-electron chi connectivity index (χ0n) is 17.9. The summed E-state index contributed by atoms with van der Waals surface area (Å²) in [7, 11) is 0. The van der Waals surface area contributed by atoms with Crippen molar-refractivity contribution in [1.82, 2.24) is 15.3 Å². The normalized spacial score (nSPS) is 19.9. The smallest absolute Gasteiger partial charge is 0.258 e. The summed E-state index contributed by atoms with van der Waals surface area (Å²) in [5.74, 6) is 1.66. The number of aromatic amines is 1. The molecule has 1 amide bonds. The number of carbonyl (C=O) groups is 1. The lowest BCUT2D eigenvalue weighted by Gasteiger charge is -2.29. The van der Waals surface area contributed by atoms with E-state index in [4.69, 9.17) is 4.98 Å². The van der Waals surface area contributed by atoms with Crippen LogP contribution in [0.2, 0.25) is 0 Å². The topological polar surface area (TPSA) is 64.3 Å². The Morgan fingerprint density at radius 3 is 2.58 bits per heavy atom. The van der Waals surface area contributed by atoms with Crippen molar-refractivity contribution in [3.63, 3.8) is 0 Å². The molecule has 160 valence electrons. The molecule has 0 unspecified atom stereocenters. The maximum Gasteiger partial charge on any atom is 0.258 e. The van der Waals surface area contributed by atoms with E-state index in [9.17, 15) is 4.79 Å². The van der Waals surface area contributed by atoms with Crippen LogP contribution in [-0.4, -0.2) is 42.1 Å². The number of anilines is 2. The molecule has 3 aromatic rings. The molecule has 3 aliphatic heterocycles. The maximum absolute atomic E-state index is 13.2. The van der Waals surface area contributed by atoms with Crippen LogP contribution in [0.4, 0.5) is 11.4 Å². The second-order valence-corrected chi connectivity index (χ2v) is 9.13. The molecular weight excluding hydrogens is 386 g/mol. The first kappa shape index (κ1) is 18.9. The van der Waals surface area contributed by atoms with E-state index in [1.807, 2.05) is 17.0 Å². The van der Waals surface area contributed by atoms with Crippen molar-refractivity contribution >= 4 is 28.3 Å². The summed E-state index contributed by atoms with van der Waals surface area (Å²) in [5, 5.41) is 3.41. The molecule has 0 saturated carbocycles. The highest BCUT2D eigenvalue weighted by atomic mass is 16.2. The van der Waals surface area contributed by atoms with Crippen LogP contribution in [0.5, 0.6) is 0 Å². The monoisotopic (exact) mass is 415 g/mol. The highest BCUT2D eigenvalue weighted by Crippen LogP contribution is 2.33. The van der Waals surface area contributed by atoms with Gasteiger partial charge in [0.2, 0.25) is 0 Å². The Hall–Kier alpha value is -2.86. The zero-order valence-corrected chi connectivity index (χ0v) is 17.9. The Labute approximate surface area is 182 Å². The molecule has 2 saturated heterocycles. The molecule has 0 aliphatic carbocycles. The molecule has 6 rings (SSSR count). The van der Waals surface area contributed by atoms with E-state index < -0.39 is 0 Å². The third-order valence-electron chi connectivity index (χ3n) is 7.14. The Morgan fingerprint density at radius 2 is 1.74 bits per heavy atom. The average molecular weight is 416 g/mol.